The molecule has 6 unspecified atom stereocenters. The molecule has 12 nitrogen and oxygen atoms in total. The molecule has 0 aromatic heterocycles. The van der Waals surface area contributed by atoms with Gasteiger partial charge in [0.05, 0.1) is 0 Å². The maximum atomic E-state index is 12.6. The van der Waals surface area contributed by atoms with E-state index in [0.717, 1.165) is 6.42 Å². The number of nitrogens with two attached hydrogens (primary N) is 1. The topological polar surface area (TPSA) is 170 Å². The van der Waals surface area contributed by atoms with Gasteiger partial charge in [0.15, 0.2) is 11.5 Å². The lowest BCUT2D eigenvalue weighted by Gasteiger charge is -2.31. The SMILES string of the molecule is CCCC(C)OC(=O)OC(C)C(C)C(c1ccc(OC(=O)OC(C)C(C)C)c(OC(=O)OC(C)C(C)C)c1)[C@H](N)C(=O)O. The molecule has 0 aliphatic carbocycles. The molecule has 3 N–H and O–H groups in total. The fraction of sp³-hybridized carbons (Fsp3) is 0.677. The summed E-state index contributed by atoms with van der Waals surface area (Å²) in [7, 11) is 0. The molecule has 0 aliphatic rings. The molecular weight excluding hydrogens is 562 g/mol. The molecule has 244 valence electrons. The summed E-state index contributed by atoms with van der Waals surface area (Å²) >= 11 is 0. The van der Waals surface area contributed by atoms with E-state index >= 15 is 0 Å². The summed E-state index contributed by atoms with van der Waals surface area (Å²) in [6, 6.07) is 2.72. The first-order chi connectivity index (χ1) is 20.0. The third-order valence-electron chi connectivity index (χ3n) is 7.43. The van der Waals surface area contributed by atoms with Gasteiger partial charge in [-0.25, -0.2) is 14.4 Å². The van der Waals surface area contributed by atoms with E-state index in [9.17, 15) is 24.3 Å². The van der Waals surface area contributed by atoms with Crippen LogP contribution in [0, 0.1) is 17.8 Å². The van der Waals surface area contributed by atoms with Crippen LogP contribution >= 0.6 is 0 Å². The van der Waals surface area contributed by atoms with Gasteiger partial charge in [0.2, 0.25) is 0 Å². The number of carboxylic acids is 1. The fourth-order valence-electron chi connectivity index (χ4n) is 3.90. The van der Waals surface area contributed by atoms with Crippen molar-refractivity contribution in [1.82, 2.24) is 0 Å². The largest absolute Gasteiger partial charge is 0.514 e. The van der Waals surface area contributed by atoms with Crippen molar-refractivity contribution in [3.05, 3.63) is 23.8 Å². The van der Waals surface area contributed by atoms with Gasteiger partial charge in [0.1, 0.15) is 30.5 Å². The summed E-state index contributed by atoms with van der Waals surface area (Å²) in [5.41, 5.74) is 6.45. The second-order valence-electron chi connectivity index (χ2n) is 11.6. The predicted molar refractivity (Wildman–Crippen MR) is 158 cm³/mol. The minimum atomic E-state index is -1.44. The van der Waals surface area contributed by atoms with Gasteiger partial charge in [0.25, 0.3) is 0 Å². The number of carboxylic acid groups (broad SMARTS) is 1. The molecule has 0 bridgehead atoms. The van der Waals surface area contributed by atoms with Crippen LogP contribution in [-0.4, -0.2) is 60.0 Å². The van der Waals surface area contributed by atoms with Crippen LogP contribution in [0.2, 0.25) is 0 Å². The van der Waals surface area contributed by atoms with E-state index in [1.807, 2.05) is 34.6 Å². The molecular formula is C31H49NO11. The van der Waals surface area contributed by atoms with E-state index in [1.165, 1.54) is 18.2 Å². The van der Waals surface area contributed by atoms with Gasteiger partial charge in [-0.3, -0.25) is 4.79 Å². The standard InChI is InChI=1S/C31H49NO11/c1-11-12-18(6)38-29(35)41-22(10)19(7)26(27(32)28(33)34)23-13-14-24(42-30(36)39-20(8)16(2)3)25(15-23)43-31(37)40-21(9)17(4)5/h13-22,26-27H,11-12,32H2,1-10H3,(H,33,34)/t18?,19?,20?,21?,22?,26?,27-/m0/s1. The molecule has 0 spiro atoms. The molecule has 12 heteroatoms. The highest BCUT2D eigenvalue weighted by molar-refractivity contribution is 5.75. The highest BCUT2D eigenvalue weighted by Crippen LogP contribution is 2.37. The average molecular weight is 612 g/mol. The van der Waals surface area contributed by atoms with Crippen LogP contribution in [0.25, 0.3) is 0 Å². The van der Waals surface area contributed by atoms with Crippen molar-refractivity contribution >= 4 is 24.4 Å². The van der Waals surface area contributed by atoms with E-state index in [-0.39, 0.29) is 29.4 Å². The summed E-state index contributed by atoms with van der Waals surface area (Å²) in [6.45, 7) is 17.9. The lowest BCUT2D eigenvalue weighted by atomic mass is 9.79. The first-order valence-electron chi connectivity index (χ1n) is 14.7. The highest BCUT2D eigenvalue weighted by Gasteiger charge is 2.36. The Morgan fingerprint density at radius 1 is 0.721 bits per heavy atom. The molecule has 7 atom stereocenters. The summed E-state index contributed by atoms with van der Waals surface area (Å²) in [4.78, 5) is 49.5. The van der Waals surface area contributed by atoms with Gasteiger partial charge in [-0.2, -0.15) is 0 Å². The fourth-order valence-corrected chi connectivity index (χ4v) is 3.90. The second-order valence-corrected chi connectivity index (χ2v) is 11.6. The lowest BCUT2D eigenvalue weighted by Crippen LogP contribution is -2.42. The first-order valence-corrected chi connectivity index (χ1v) is 14.7. The highest BCUT2D eigenvalue weighted by atomic mass is 16.8. The number of aliphatic carboxylic acids is 1. The number of ether oxygens (including phenoxy) is 6. The monoisotopic (exact) mass is 611 g/mol. The first kappa shape index (κ1) is 37.5. The molecule has 0 saturated heterocycles. The number of rotatable bonds is 15. The Morgan fingerprint density at radius 3 is 1.67 bits per heavy atom. The second kappa shape index (κ2) is 17.5. The van der Waals surface area contributed by atoms with Crippen molar-refractivity contribution in [2.45, 2.75) is 118 Å². The molecule has 0 aliphatic heterocycles. The quantitative estimate of drug-likeness (QED) is 0.123. The summed E-state index contributed by atoms with van der Waals surface area (Å²) in [5.74, 6) is -3.25. The summed E-state index contributed by atoms with van der Waals surface area (Å²) in [6.07, 6.45) is -3.59. The minimum absolute atomic E-state index is 0.000892. The average Bonchev–Trinajstić information content (AvgIpc) is 2.89. The van der Waals surface area contributed by atoms with Gasteiger partial charge in [0, 0.05) is 11.8 Å². The van der Waals surface area contributed by atoms with Crippen LogP contribution in [0.4, 0.5) is 14.4 Å². The molecule has 1 aromatic carbocycles. The Kier molecular flexibility index (Phi) is 15.3. The number of hydrogen-bond donors (Lipinski definition) is 2. The summed E-state index contributed by atoms with van der Waals surface area (Å²) < 4.78 is 32.1. The third-order valence-corrected chi connectivity index (χ3v) is 7.43. The van der Waals surface area contributed by atoms with Crippen LogP contribution in [0.1, 0.15) is 93.6 Å². The van der Waals surface area contributed by atoms with Gasteiger partial charge >= 0.3 is 24.4 Å². The van der Waals surface area contributed by atoms with Crippen LogP contribution in [0.15, 0.2) is 18.2 Å². The van der Waals surface area contributed by atoms with Gasteiger partial charge in [-0.15, -0.1) is 0 Å². The van der Waals surface area contributed by atoms with Gasteiger partial charge in [-0.1, -0.05) is 54.0 Å². The van der Waals surface area contributed by atoms with Crippen LogP contribution in [0.3, 0.4) is 0 Å². The Morgan fingerprint density at radius 2 is 1.21 bits per heavy atom. The molecule has 0 heterocycles. The van der Waals surface area contributed by atoms with E-state index in [4.69, 9.17) is 34.2 Å². The zero-order valence-electron chi connectivity index (χ0n) is 26.9. The molecule has 1 aromatic rings. The van der Waals surface area contributed by atoms with Crippen molar-refractivity contribution in [1.29, 1.82) is 0 Å². The molecule has 0 amide bonds. The number of carbonyl (C=O) groups is 4. The number of carbonyl (C=O) groups excluding carboxylic acids is 3. The Bertz CT molecular complexity index is 1070. The summed E-state index contributed by atoms with van der Waals surface area (Å²) in [5, 5.41) is 9.82. The van der Waals surface area contributed by atoms with Gasteiger partial charge < -0.3 is 39.3 Å². The molecule has 0 saturated carbocycles. The Balaban J connectivity index is 3.44. The van der Waals surface area contributed by atoms with E-state index in [2.05, 4.69) is 0 Å². The molecule has 43 heavy (non-hydrogen) atoms. The van der Waals surface area contributed by atoms with Crippen LogP contribution in [-0.2, 0) is 23.7 Å². The number of benzene rings is 1. The van der Waals surface area contributed by atoms with E-state index in [1.54, 1.807) is 34.6 Å². The van der Waals surface area contributed by atoms with Crippen molar-refractivity contribution in [2.75, 3.05) is 0 Å². The van der Waals surface area contributed by atoms with Crippen molar-refractivity contribution in [3.63, 3.8) is 0 Å². The predicted octanol–water partition coefficient (Wildman–Crippen LogP) is 6.67. The zero-order valence-corrected chi connectivity index (χ0v) is 26.9. The normalized spacial score (nSPS) is 16.2. The maximum Gasteiger partial charge on any atom is 0.514 e. The lowest BCUT2D eigenvalue weighted by molar-refractivity contribution is -0.139. The van der Waals surface area contributed by atoms with Crippen LogP contribution < -0.4 is 15.2 Å². The van der Waals surface area contributed by atoms with E-state index in [0.29, 0.717) is 12.0 Å². The molecule has 0 radical (unpaired) electrons. The molecule has 1 rings (SSSR count). The smallest absolute Gasteiger partial charge is 0.480 e. The maximum absolute atomic E-state index is 12.6. The van der Waals surface area contributed by atoms with Gasteiger partial charge in [-0.05, 0) is 63.6 Å². The molecule has 0 fully saturated rings. The Labute approximate surface area is 254 Å². The van der Waals surface area contributed by atoms with Crippen molar-refractivity contribution in [3.8, 4) is 11.5 Å². The van der Waals surface area contributed by atoms with Crippen LogP contribution in [0.5, 0.6) is 11.5 Å². The van der Waals surface area contributed by atoms with Crippen molar-refractivity contribution in [2.24, 2.45) is 23.5 Å². The third kappa shape index (κ3) is 12.3. The zero-order chi connectivity index (χ0) is 33.0. The number of hydrogen-bond acceptors (Lipinski definition) is 11. The van der Waals surface area contributed by atoms with Crippen molar-refractivity contribution < 1.29 is 52.7 Å². The minimum Gasteiger partial charge on any atom is -0.480 e. The van der Waals surface area contributed by atoms with E-state index < -0.39 is 60.6 Å². The Hall–Kier alpha value is -3.54.